The van der Waals surface area contributed by atoms with Crippen molar-refractivity contribution in [2.24, 2.45) is 5.73 Å². The number of hydrogen-bond acceptors (Lipinski definition) is 4. The molecule has 1 aliphatic rings. The van der Waals surface area contributed by atoms with Crippen molar-refractivity contribution in [1.29, 1.82) is 0 Å². The Balaban J connectivity index is 2.16. The Bertz CT molecular complexity index is 479. The van der Waals surface area contributed by atoms with Crippen LogP contribution in [-0.4, -0.2) is 21.9 Å². The summed E-state index contributed by atoms with van der Waals surface area (Å²) in [5.41, 5.74) is 5.96. The predicted molar refractivity (Wildman–Crippen MR) is 68.3 cm³/mol. The highest BCUT2D eigenvalue weighted by molar-refractivity contribution is 6.32. The highest BCUT2D eigenvalue weighted by atomic mass is 35.5. The first-order valence-corrected chi connectivity index (χ1v) is 5.88. The second kappa shape index (κ2) is 4.89. The van der Waals surface area contributed by atoms with Gasteiger partial charge in [-0.1, -0.05) is 17.7 Å². The third-order valence-corrected chi connectivity index (χ3v) is 3.19. The second-order valence-electron chi connectivity index (χ2n) is 4.22. The van der Waals surface area contributed by atoms with Gasteiger partial charge in [0.2, 0.25) is 0 Å². The van der Waals surface area contributed by atoms with E-state index in [9.17, 15) is 4.79 Å². The van der Waals surface area contributed by atoms with Crippen molar-refractivity contribution in [2.75, 3.05) is 5.32 Å². The van der Waals surface area contributed by atoms with Gasteiger partial charge < -0.3 is 11.1 Å². The Hall–Kier alpha value is -1.33. The molecule has 1 heterocycles. The van der Waals surface area contributed by atoms with Crippen LogP contribution in [0.2, 0.25) is 5.02 Å². The van der Waals surface area contributed by atoms with E-state index in [1.54, 1.807) is 12.3 Å². The standard InChI is InChI=1S/C11H15ClN4O/c1-2-3-16-11(17)10(12)9(6-14-16)15-8-4-7(13)5-8/h2,6-8,15H,1,3-5,13H2. The molecule has 17 heavy (non-hydrogen) atoms. The monoisotopic (exact) mass is 254 g/mol. The SMILES string of the molecule is C=CCn1ncc(NC2CC(N)C2)c(Cl)c1=O. The predicted octanol–water partition coefficient (Wildman–Crippen LogP) is 0.984. The summed E-state index contributed by atoms with van der Waals surface area (Å²) in [7, 11) is 0. The van der Waals surface area contributed by atoms with Gasteiger partial charge in [-0.3, -0.25) is 4.79 Å². The minimum absolute atomic E-state index is 0.169. The Morgan fingerprint density at radius 1 is 1.71 bits per heavy atom. The van der Waals surface area contributed by atoms with Crippen LogP contribution in [-0.2, 0) is 6.54 Å². The Kier molecular flexibility index (Phi) is 3.49. The van der Waals surface area contributed by atoms with E-state index >= 15 is 0 Å². The quantitative estimate of drug-likeness (QED) is 0.786. The molecule has 0 aromatic carbocycles. The third-order valence-electron chi connectivity index (χ3n) is 2.82. The average Bonchev–Trinajstić information content (AvgIpc) is 2.26. The Morgan fingerprint density at radius 3 is 3.00 bits per heavy atom. The normalized spacial score (nSPS) is 22.9. The van der Waals surface area contributed by atoms with Crippen molar-refractivity contribution in [1.82, 2.24) is 9.78 Å². The number of hydrogen-bond donors (Lipinski definition) is 2. The van der Waals surface area contributed by atoms with Crippen LogP contribution in [0.15, 0.2) is 23.6 Å². The van der Waals surface area contributed by atoms with Crippen molar-refractivity contribution < 1.29 is 0 Å². The van der Waals surface area contributed by atoms with Crippen LogP contribution < -0.4 is 16.6 Å². The van der Waals surface area contributed by atoms with E-state index in [0.717, 1.165) is 12.8 Å². The van der Waals surface area contributed by atoms with E-state index in [2.05, 4.69) is 17.0 Å². The lowest BCUT2D eigenvalue weighted by molar-refractivity contribution is 0.373. The van der Waals surface area contributed by atoms with Crippen LogP contribution in [0.4, 0.5) is 5.69 Å². The summed E-state index contributed by atoms with van der Waals surface area (Å²) in [5.74, 6) is 0. The highest BCUT2D eigenvalue weighted by Crippen LogP contribution is 2.24. The number of nitrogens with two attached hydrogens (primary N) is 1. The van der Waals surface area contributed by atoms with Gasteiger partial charge in [0, 0.05) is 12.1 Å². The number of anilines is 1. The molecule has 1 aliphatic carbocycles. The molecule has 0 atom stereocenters. The molecular weight excluding hydrogens is 240 g/mol. The summed E-state index contributed by atoms with van der Waals surface area (Å²) in [6, 6.07) is 0.541. The molecule has 6 heteroatoms. The number of aromatic nitrogens is 2. The topological polar surface area (TPSA) is 72.9 Å². The zero-order valence-corrected chi connectivity index (χ0v) is 10.2. The Morgan fingerprint density at radius 2 is 2.41 bits per heavy atom. The first kappa shape index (κ1) is 12.1. The maximum Gasteiger partial charge on any atom is 0.287 e. The van der Waals surface area contributed by atoms with Crippen LogP contribution in [0.1, 0.15) is 12.8 Å². The maximum absolute atomic E-state index is 11.8. The van der Waals surface area contributed by atoms with Crippen LogP contribution in [0.25, 0.3) is 0 Å². The van der Waals surface area contributed by atoms with Crippen LogP contribution >= 0.6 is 11.6 Å². The average molecular weight is 255 g/mol. The zero-order chi connectivity index (χ0) is 12.4. The number of rotatable bonds is 4. The third kappa shape index (κ3) is 2.50. The lowest BCUT2D eigenvalue weighted by Gasteiger charge is -2.33. The van der Waals surface area contributed by atoms with Crippen molar-refractivity contribution in [3.63, 3.8) is 0 Å². The number of halogens is 1. The molecule has 1 aromatic rings. The molecular formula is C11H15ClN4O. The van der Waals surface area contributed by atoms with Gasteiger partial charge in [-0.15, -0.1) is 6.58 Å². The largest absolute Gasteiger partial charge is 0.380 e. The summed E-state index contributed by atoms with van der Waals surface area (Å²) in [5, 5.41) is 7.36. The fourth-order valence-corrected chi connectivity index (χ4v) is 2.02. The van der Waals surface area contributed by atoms with E-state index in [4.69, 9.17) is 17.3 Å². The van der Waals surface area contributed by atoms with Gasteiger partial charge in [0.1, 0.15) is 5.02 Å². The van der Waals surface area contributed by atoms with Crippen molar-refractivity contribution >= 4 is 17.3 Å². The van der Waals surface area contributed by atoms with E-state index in [1.165, 1.54) is 4.68 Å². The molecule has 1 fully saturated rings. The molecule has 3 N–H and O–H groups in total. The number of allylic oxidation sites excluding steroid dienone is 1. The summed E-state index contributed by atoms with van der Waals surface area (Å²) in [6.45, 7) is 3.91. The minimum Gasteiger partial charge on any atom is -0.380 e. The fourth-order valence-electron chi connectivity index (χ4n) is 1.82. The second-order valence-corrected chi connectivity index (χ2v) is 4.60. The number of nitrogens with zero attached hydrogens (tertiary/aromatic N) is 2. The molecule has 0 unspecified atom stereocenters. The lowest BCUT2D eigenvalue weighted by Crippen LogP contribution is -2.44. The van der Waals surface area contributed by atoms with Gasteiger partial charge in [0.15, 0.2) is 0 Å². The summed E-state index contributed by atoms with van der Waals surface area (Å²) >= 11 is 5.99. The summed E-state index contributed by atoms with van der Waals surface area (Å²) in [6.07, 6.45) is 4.96. The molecule has 0 bridgehead atoms. The Labute approximate surface area is 104 Å². The van der Waals surface area contributed by atoms with Crippen LogP contribution in [0, 0.1) is 0 Å². The molecule has 0 saturated heterocycles. The maximum atomic E-state index is 11.8. The molecule has 0 aliphatic heterocycles. The molecule has 1 aromatic heterocycles. The van der Waals surface area contributed by atoms with E-state index in [1.807, 2.05) is 0 Å². The van der Waals surface area contributed by atoms with Crippen LogP contribution in [0.3, 0.4) is 0 Å². The molecule has 92 valence electrons. The zero-order valence-electron chi connectivity index (χ0n) is 9.40. The molecule has 0 radical (unpaired) electrons. The van der Waals surface area contributed by atoms with Gasteiger partial charge in [-0.2, -0.15) is 5.10 Å². The molecule has 5 nitrogen and oxygen atoms in total. The smallest absolute Gasteiger partial charge is 0.287 e. The lowest BCUT2D eigenvalue weighted by atomic mass is 9.87. The molecule has 0 amide bonds. The van der Waals surface area contributed by atoms with E-state index in [0.29, 0.717) is 18.3 Å². The minimum atomic E-state index is -0.305. The molecule has 1 saturated carbocycles. The van der Waals surface area contributed by atoms with E-state index in [-0.39, 0.29) is 16.6 Å². The van der Waals surface area contributed by atoms with Crippen molar-refractivity contribution in [3.05, 3.63) is 34.2 Å². The van der Waals surface area contributed by atoms with E-state index < -0.39 is 0 Å². The van der Waals surface area contributed by atoms with Crippen LogP contribution in [0.5, 0.6) is 0 Å². The molecule has 2 rings (SSSR count). The first-order chi connectivity index (χ1) is 8.11. The molecule has 0 spiro atoms. The summed E-state index contributed by atoms with van der Waals surface area (Å²) in [4.78, 5) is 11.8. The van der Waals surface area contributed by atoms with Gasteiger partial charge in [-0.25, -0.2) is 4.68 Å². The van der Waals surface area contributed by atoms with Crippen molar-refractivity contribution in [3.8, 4) is 0 Å². The van der Waals surface area contributed by atoms with Gasteiger partial charge in [0.05, 0.1) is 18.4 Å². The van der Waals surface area contributed by atoms with Gasteiger partial charge >= 0.3 is 0 Å². The van der Waals surface area contributed by atoms with Gasteiger partial charge in [-0.05, 0) is 12.8 Å². The fraction of sp³-hybridized carbons (Fsp3) is 0.455. The van der Waals surface area contributed by atoms with Gasteiger partial charge in [0.25, 0.3) is 5.56 Å². The number of nitrogens with one attached hydrogen (secondary N) is 1. The van der Waals surface area contributed by atoms with Crippen molar-refractivity contribution in [2.45, 2.75) is 31.5 Å². The highest BCUT2D eigenvalue weighted by Gasteiger charge is 2.26. The summed E-state index contributed by atoms with van der Waals surface area (Å²) < 4.78 is 1.27. The first-order valence-electron chi connectivity index (χ1n) is 5.50.